The van der Waals surface area contributed by atoms with Crippen LogP contribution in [0.25, 0.3) is 0 Å². The monoisotopic (exact) mass is 230 g/mol. The van der Waals surface area contributed by atoms with E-state index in [9.17, 15) is 0 Å². The minimum Gasteiger partial charge on any atom is -0.450 e. The zero-order chi connectivity index (χ0) is 15.6. The van der Waals surface area contributed by atoms with Crippen LogP contribution >= 0.6 is 0 Å². The average Bonchev–Trinajstić information content (AvgIpc) is 2.42. The molecule has 0 unspecified atom stereocenters. The summed E-state index contributed by atoms with van der Waals surface area (Å²) in [5, 5.41) is 13.9. The van der Waals surface area contributed by atoms with E-state index in [-0.39, 0.29) is 0 Å². The lowest BCUT2D eigenvalue weighted by Gasteiger charge is -1.60. The molecule has 0 amide bonds. The summed E-state index contributed by atoms with van der Waals surface area (Å²) in [6.45, 7) is 36.0. The van der Waals surface area contributed by atoms with Crippen molar-refractivity contribution in [1.82, 2.24) is 0 Å². The summed E-state index contributed by atoms with van der Waals surface area (Å²) < 4.78 is 0. The summed E-state index contributed by atoms with van der Waals surface area (Å²) in [6.07, 6.45) is -1.83. The van der Waals surface area contributed by atoms with Crippen molar-refractivity contribution in [1.29, 1.82) is 0 Å². The molecule has 16 heavy (non-hydrogen) atoms. The zero-order valence-electron chi connectivity index (χ0n) is 10.3. The van der Waals surface area contributed by atoms with Crippen LogP contribution in [0.3, 0.4) is 0 Å². The Balaban J connectivity index is -0.0000000122. The highest BCUT2D eigenvalue weighted by Crippen LogP contribution is 1.42. The number of carbonyl (C=O) groups is 1. The van der Waals surface area contributed by atoms with Gasteiger partial charge in [-0.3, -0.25) is 0 Å². The van der Waals surface area contributed by atoms with Gasteiger partial charge >= 0.3 is 6.16 Å². The van der Waals surface area contributed by atoms with Gasteiger partial charge in [-0.25, -0.2) is 4.79 Å². The number of rotatable bonds is 0. The molecule has 0 aliphatic heterocycles. The Hall–Kier alpha value is -2.29. The number of hydrogen-bond acceptors (Lipinski definition) is 1. The van der Waals surface area contributed by atoms with Crippen LogP contribution in [0.1, 0.15) is 0 Å². The van der Waals surface area contributed by atoms with Crippen molar-refractivity contribution >= 4 is 6.16 Å². The topological polar surface area (TPSA) is 57.5 Å². The van der Waals surface area contributed by atoms with Crippen LogP contribution in [0.5, 0.6) is 0 Å². The van der Waals surface area contributed by atoms with Crippen LogP contribution < -0.4 is 0 Å². The fraction of sp³-hybridized carbons (Fsp3) is 0. The Kier molecular flexibility index (Phi) is 10600. The van der Waals surface area contributed by atoms with Crippen LogP contribution in [0.15, 0.2) is 78.9 Å². The normalized spacial score (nSPS) is 3.00. The van der Waals surface area contributed by atoms with E-state index in [1.807, 2.05) is 0 Å². The molecule has 0 atom stereocenters. The Morgan fingerprint density at radius 2 is 0.500 bits per heavy atom. The molecule has 2 N–H and O–H groups in total. The van der Waals surface area contributed by atoms with Gasteiger partial charge in [0.15, 0.2) is 0 Å². The predicted octanol–water partition coefficient (Wildman–Crippen LogP) is 5.04. The summed E-state index contributed by atoms with van der Waals surface area (Å²) in [7, 11) is 0. The van der Waals surface area contributed by atoms with Gasteiger partial charge < -0.3 is 10.2 Å². The van der Waals surface area contributed by atoms with E-state index < -0.39 is 6.16 Å². The molecule has 0 radical (unpaired) electrons. The second-order valence-electron chi connectivity index (χ2n) is 0.283. The van der Waals surface area contributed by atoms with Crippen LogP contribution in [-0.4, -0.2) is 16.4 Å². The highest BCUT2D eigenvalue weighted by atomic mass is 16.6. The fourth-order valence-electron chi connectivity index (χ4n) is 0. The van der Waals surface area contributed by atoms with Gasteiger partial charge in [-0.05, 0) is 0 Å². The summed E-state index contributed by atoms with van der Waals surface area (Å²) in [4.78, 5) is 8.56. The van der Waals surface area contributed by atoms with Gasteiger partial charge in [0.2, 0.25) is 0 Å². The quantitative estimate of drug-likeness (QED) is 0.573. The number of hydrogen-bond donors (Lipinski definition) is 2. The SMILES string of the molecule is C=C.C=C.C=C.C=C.C=C.C=C.O=C(O)O. The molecule has 96 valence electrons. The van der Waals surface area contributed by atoms with Gasteiger partial charge in [0.1, 0.15) is 0 Å². The summed E-state index contributed by atoms with van der Waals surface area (Å²) in [5.41, 5.74) is 0. The van der Waals surface area contributed by atoms with Gasteiger partial charge in [-0.1, -0.05) is 0 Å². The van der Waals surface area contributed by atoms with Gasteiger partial charge in [-0.15, -0.1) is 78.9 Å². The van der Waals surface area contributed by atoms with E-state index in [0.29, 0.717) is 0 Å². The van der Waals surface area contributed by atoms with Crippen molar-refractivity contribution in [3.8, 4) is 0 Å². The lowest BCUT2D eigenvalue weighted by molar-refractivity contribution is 0.137. The van der Waals surface area contributed by atoms with E-state index in [4.69, 9.17) is 15.0 Å². The largest absolute Gasteiger partial charge is 0.503 e. The fourth-order valence-corrected chi connectivity index (χ4v) is 0. The van der Waals surface area contributed by atoms with Crippen LogP contribution in [0.2, 0.25) is 0 Å². The van der Waals surface area contributed by atoms with Crippen molar-refractivity contribution in [3.63, 3.8) is 0 Å². The minimum absolute atomic E-state index is 1.83. The molecule has 0 spiro atoms. The lowest BCUT2D eigenvalue weighted by atomic mass is 11.3. The Bertz CT molecular complexity index is 73.7. The van der Waals surface area contributed by atoms with Crippen molar-refractivity contribution in [3.05, 3.63) is 78.9 Å². The van der Waals surface area contributed by atoms with E-state index in [0.717, 1.165) is 0 Å². The summed E-state index contributed by atoms with van der Waals surface area (Å²) in [6, 6.07) is 0. The molecule has 0 aliphatic rings. The maximum absolute atomic E-state index is 8.56. The predicted molar refractivity (Wildman–Crippen MR) is 78.2 cm³/mol. The molecule has 0 saturated heterocycles. The molecule has 3 nitrogen and oxygen atoms in total. The summed E-state index contributed by atoms with van der Waals surface area (Å²) in [5.74, 6) is 0. The average molecular weight is 230 g/mol. The van der Waals surface area contributed by atoms with Gasteiger partial charge in [0.05, 0.1) is 0 Å². The highest BCUT2D eigenvalue weighted by Gasteiger charge is 1.70. The molecular formula is C13H26O3. The second kappa shape index (κ2) is 3460. The van der Waals surface area contributed by atoms with E-state index in [1.165, 1.54) is 0 Å². The number of carboxylic acid groups (broad SMARTS) is 2. The molecule has 0 aliphatic carbocycles. The van der Waals surface area contributed by atoms with E-state index in [1.54, 1.807) is 0 Å². The molecule has 3 heteroatoms. The molecule has 0 fully saturated rings. The zero-order valence-corrected chi connectivity index (χ0v) is 10.3. The Morgan fingerprint density at radius 3 is 0.500 bits per heavy atom. The first-order chi connectivity index (χ1) is 7.73. The Labute approximate surface area is 101 Å². The highest BCUT2D eigenvalue weighted by molar-refractivity contribution is 5.53. The second-order valence-corrected chi connectivity index (χ2v) is 0.283. The molecule has 0 heterocycles. The van der Waals surface area contributed by atoms with Gasteiger partial charge in [-0.2, -0.15) is 0 Å². The summed E-state index contributed by atoms with van der Waals surface area (Å²) >= 11 is 0. The van der Waals surface area contributed by atoms with E-state index in [2.05, 4.69) is 78.9 Å². The van der Waals surface area contributed by atoms with Crippen molar-refractivity contribution in [2.75, 3.05) is 0 Å². The van der Waals surface area contributed by atoms with Crippen LogP contribution in [0.4, 0.5) is 4.79 Å². The molecule has 0 saturated carbocycles. The molecule has 0 aromatic rings. The molecule has 0 bridgehead atoms. The van der Waals surface area contributed by atoms with Crippen LogP contribution in [0, 0.1) is 0 Å². The minimum atomic E-state index is -1.83. The lowest BCUT2D eigenvalue weighted by Crippen LogP contribution is -1.81. The van der Waals surface area contributed by atoms with Crippen molar-refractivity contribution < 1.29 is 15.0 Å². The van der Waals surface area contributed by atoms with Crippen molar-refractivity contribution in [2.24, 2.45) is 0 Å². The first-order valence-corrected chi connectivity index (χ1v) is 3.65. The van der Waals surface area contributed by atoms with Gasteiger partial charge in [0, 0.05) is 0 Å². The third-order valence-electron chi connectivity index (χ3n) is 0. The molecule has 0 rings (SSSR count). The smallest absolute Gasteiger partial charge is 0.450 e. The standard InChI is InChI=1S/6C2H4.CH2O3/c6*1-2;2-1(3)4/h6*1-2H2;(H2,2,3,4). The molecule has 0 aromatic carbocycles. The van der Waals surface area contributed by atoms with Crippen molar-refractivity contribution in [2.45, 2.75) is 0 Å². The Morgan fingerprint density at radius 1 is 0.500 bits per heavy atom. The molecular weight excluding hydrogens is 204 g/mol. The van der Waals surface area contributed by atoms with Gasteiger partial charge in [0.25, 0.3) is 0 Å². The maximum atomic E-state index is 8.56. The first kappa shape index (κ1) is 49.2. The molecule has 0 aromatic heterocycles. The van der Waals surface area contributed by atoms with Crippen LogP contribution in [-0.2, 0) is 0 Å². The third kappa shape index (κ3) is 256. The third-order valence-corrected chi connectivity index (χ3v) is 0. The van der Waals surface area contributed by atoms with E-state index >= 15 is 0 Å². The first-order valence-electron chi connectivity index (χ1n) is 3.65. The maximum Gasteiger partial charge on any atom is 0.503 e.